The van der Waals surface area contributed by atoms with Crippen LogP contribution in [0.1, 0.15) is 46.5 Å². The normalized spacial score (nSPS) is 19.6. The summed E-state index contributed by atoms with van der Waals surface area (Å²) in [7, 11) is 6.37. The summed E-state index contributed by atoms with van der Waals surface area (Å²) in [6.45, 7) is 4.76. The van der Waals surface area contributed by atoms with Crippen molar-refractivity contribution in [2.75, 3.05) is 27.7 Å². The van der Waals surface area contributed by atoms with E-state index >= 15 is 0 Å². The molecule has 0 aliphatic carbocycles. The number of aryl methyl sites for hydroxylation is 1. The lowest BCUT2D eigenvalue weighted by Crippen LogP contribution is -2.48. The van der Waals surface area contributed by atoms with Gasteiger partial charge in [0.25, 0.3) is 17.6 Å². The van der Waals surface area contributed by atoms with E-state index in [2.05, 4.69) is 6.92 Å². The number of methoxy groups -OCH3 is 1. The fourth-order valence-electron chi connectivity index (χ4n) is 5.33. The van der Waals surface area contributed by atoms with Gasteiger partial charge < -0.3 is 19.1 Å². The van der Waals surface area contributed by atoms with Gasteiger partial charge in [0.15, 0.2) is 0 Å². The lowest BCUT2D eigenvalue weighted by Gasteiger charge is -2.42. The van der Waals surface area contributed by atoms with Crippen LogP contribution in [0.3, 0.4) is 0 Å². The van der Waals surface area contributed by atoms with Gasteiger partial charge in [-0.25, -0.2) is 4.39 Å². The number of benzene rings is 2. The van der Waals surface area contributed by atoms with Crippen molar-refractivity contribution in [3.63, 3.8) is 0 Å². The fraction of sp³-hybridized carbons (Fsp3) is 0.414. The Bertz CT molecular complexity index is 1350. The van der Waals surface area contributed by atoms with E-state index in [0.717, 1.165) is 18.4 Å². The minimum absolute atomic E-state index is 0.0123. The molecule has 2 heterocycles. The molecule has 4 rings (SSSR count). The molecule has 0 radical (unpaired) electrons. The third kappa shape index (κ3) is 5.10. The summed E-state index contributed by atoms with van der Waals surface area (Å²) in [4.78, 5) is 42.3. The highest BCUT2D eigenvalue weighted by Gasteiger charge is 2.35. The average molecular weight is 508 g/mol. The Morgan fingerprint density at radius 3 is 2.38 bits per heavy atom. The van der Waals surface area contributed by atoms with Gasteiger partial charge in [-0.15, -0.1) is 0 Å². The fourth-order valence-corrected chi connectivity index (χ4v) is 5.33. The second kappa shape index (κ2) is 10.4. The molecule has 0 spiro atoms. The number of rotatable bonds is 6. The third-order valence-electron chi connectivity index (χ3n) is 7.52. The number of piperidine rings is 1. The first kappa shape index (κ1) is 26.4. The standard InChI is InChI=1S/C29H34FN3O4/c1-17-15-33(18(2)11-20(17)12-19-7-9-21(30)10-8-19)28(35)23-13-22-24(27(34)29(36)31(3)4)16-32(5)25(22)14-26(23)37-6/h7-10,13-14,16-18,20H,11-12,15H2,1-6H3/t17-,18-,20?/m0/s1. The highest BCUT2D eigenvalue weighted by atomic mass is 19.1. The quantitative estimate of drug-likeness (QED) is 0.368. The molecule has 1 aliphatic rings. The van der Waals surface area contributed by atoms with Crippen molar-refractivity contribution in [1.29, 1.82) is 0 Å². The Balaban J connectivity index is 1.63. The number of hydrogen-bond donors (Lipinski definition) is 0. The van der Waals surface area contributed by atoms with E-state index in [1.165, 1.54) is 38.2 Å². The molecule has 1 saturated heterocycles. The van der Waals surface area contributed by atoms with E-state index in [1.807, 2.05) is 24.0 Å². The molecule has 0 saturated carbocycles. The molecular weight excluding hydrogens is 473 g/mol. The summed E-state index contributed by atoms with van der Waals surface area (Å²) in [5.41, 5.74) is 2.41. The zero-order chi connectivity index (χ0) is 27.0. The maximum Gasteiger partial charge on any atom is 0.294 e. The van der Waals surface area contributed by atoms with Crippen molar-refractivity contribution in [2.24, 2.45) is 18.9 Å². The summed E-state index contributed by atoms with van der Waals surface area (Å²) >= 11 is 0. The molecule has 37 heavy (non-hydrogen) atoms. The van der Waals surface area contributed by atoms with Crippen LogP contribution in [0.15, 0.2) is 42.6 Å². The van der Waals surface area contributed by atoms with Crippen molar-refractivity contribution in [1.82, 2.24) is 14.4 Å². The first-order valence-electron chi connectivity index (χ1n) is 12.5. The lowest BCUT2D eigenvalue weighted by atomic mass is 9.79. The first-order chi connectivity index (χ1) is 17.5. The van der Waals surface area contributed by atoms with E-state index in [4.69, 9.17) is 4.74 Å². The zero-order valence-corrected chi connectivity index (χ0v) is 22.2. The number of halogens is 1. The Labute approximate surface area is 216 Å². The molecule has 2 amide bonds. The van der Waals surface area contributed by atoms with Crippen LogP contribution in [0.5, 0.6) is 5.75 Å². The number of aromatic nitrogens is 1. The number of likely N-dealkylation sites (N-methyl/N-ethyl adjacent to an activating group) is 1. The van der Waals surface area contributed by atoms with Crippen molar-refractivity contribution < 1.29 is 23.5 Å². The average Bonchev–Trinajstić information content (AvgIpc) is 3.20. The van der Waals surface area contributed by atoms with Gasteiger partial charge in [-0.05, 0) is 55.4 Å². The molecule has 196 valence electrons. The summed E-state index contributed by atoms with van der Waals surface area (Å²) in [6.07, 6.45) is 3.27. The summed E-state index contributed by atoms with van der Waals surface area (Å²) in [6, 6.07) is 10.0. The smallest absolute Gasteiger partial charge is 0.294 e. The van der Waals surface area contributed by atoms with Gasteiger partial charge in [0.2, 0.25) is 0 Å². The number of ether oxygens (including phenoxy) is 1. The minimum Gasteiger partial charge on any atom is -0.496 e. The molecule has 8 heteroatoms. The highest BCUT2D eigenvalue weighted by molar-refractivity contribution is 6.44. The van der Waals surface area contributed by atoms with E-state index in [9.17, 15) is 18.8 Å². The van der Waals surface area contributed by atoms with Crippen LogP contribution in [0.2, 0.25) is 0 Å². The van der Waals surface area contributed by atoms with E-state index in [-0.39, 0.29) is 29.2 Å². The molecule has 3 aromatic rings. The topological polar surface area (TPSA) is 71.8 Å². The van der Waals surface area contributed by atoms with Gasteiger partial charge in [-0.1, -0.05) is 19.1 Å². The zero-order valence-electron chi connectivity index (χ0n) is 22.2. The van der Waals surface area contributed by atoms with Crippen LogP contribution in [-0.4, -0.2) is 65.8 Å². The Morgan fingerprint density at radius 1 is 1.08 bits per heavy atom. The summed E-state index contributed by atoms with van der Waals surface area (Å²) in [5.74, 6) is -0.629. The molecule has 3 atom stereocenters. The second-order valence-electron chi connectivity index (χ2n) is 10.4. The maximum atomic E-state index is 13.8. The van der Waals surface area contributed by atoms with Gasteiger partial charge in [-0.3, -0.25) is 14.4 Å². The number of likely N-dealkylation sites (tertiary alicyclic amines) is 1. The van der Waals surface area contributed by atoms with Gasteiger partial charge in [-0.2, -0.15) is 0 Å². The molecule has 2 aromatic carbocycles. The van der Waals surface area contributed by atoms with Crippen molar-refractivity contribution in [2.45, 2.75) is 32.7 Å². The van der Waals surface area contributed by atoms with Gasteiger partial charge >= 0.3 is 0 Å². The number of fused-ring (bicyclic) bond motifs is 1. The Kier molecular flexibility index (Phi) is 7.39. The largest absolute Gasteiger partial charge is 0.496 e. The molecule has 1 fully saturated rings. The van der Waals surface area contributed by atoms with Gasteiger partial charge in [0.05, 0.1) is 23.8 Å². The van der Waals surface area contributed by atoms with Crippen LogP contribution in [0.4, 0.5) is 4.39 Å². The van der Waals surface area contributed by atoms with Crippen LogP contribution < -0.4 is 4.74 Å². The van der Waals surface area contributed by atoms with Crippen LogP contribution in [0.25, 0.3) is 10.9 Å². The number of Topliss-reactive ketones (excluding diaryl/α,β-unsaturated/α-hetero) is 1. The monoisotopic (exact) mass is 507 g/mol. The van der Waals surface area contributed by atoms with Crippen LogP contribution in [-0.2, 0) is 18.3 Å². The number of nitrogens with zero attached hydrogens (tertiary/aromatic N) is 3. The Hall–Kier alpha value is -3.68. The van der Waals surface area contributed by atoms with Crippen LogP contribution in [0, 0.1) is 17.7 Å². The van der Waals surface area contributed by atoms with Gasteiger partial charge in [0.1, 0.15) is 11.6 Å². The van der Waals surface area contributed by atoms with Crippen molar-refractivity contribution >= 4 is 28.5 Å². The Morgan fingerprint density at radius 2 is 1.76 bits per heavy atom. The molecule has 0 N–H and O–H groups in total. The summed E-state index contributed by atoms with van der Waals surface area (Å²) < 4.78 is 20.7. The maximum absolute atomic E-state index is 13.8. The van der Waals surface area contributed by atoms with Crippen molar-refractivity contribution in [3.05, 3.63) is 65.1 Å². The number of carbonyl (C=O) groups excluding carboxylic acids is 3. The van der Waals surface area contributed by atoms with E-state index in [0.29, 0.717) is 34.7 Å². The number of ketones is 1. The number of carbonyl (C=O) groups is 3. The van der Waals surface area contributed by atoms with Gasteiger partial charge in [0, 0.05) is 51.4 Å². The molecular formula is C29H34FN3O4. The first-order valence-corrected chi connectivity index (χ1v) is 12.5. The number of hydrogen-bond acceptors (Lipinski definition) is 4. The molecule has 1 unspecified atom stereocenters. The van der Waals surface area contributed by atoms with E-state index in [1.54, 1.807) is 29.9 Å². The SMILES string of the molecule is COc1cc2c(cc1C(=O)N1C[C@H](C)C(Cc3ccc(F)cc3)C[C@@H]1C)c(C(=O)C(=O)N(C)C)cn2C. The molecule has 0 bridgehead atoms. The number of amides is 2. The van der Waals surface area contributed by atoms with E-state index < -0.39 is 11.7 Å². The second-order valence-corrected chi connectivity index (χ2v) is 10.4. The third-order valence-corrected chi connectivity index (χ3v) is 7.52. The highest BCUT2D eigenvalue weighted by Crippen LogP contribution is 2.35. The lowest BCUT2D eigenvalue weighted by molar-refractivity contribution is -0.124. The van der Waals surface area contributed by atoms with Crippen molar-refractivity contribution in [3.8, 4) is 5.75 Å². The molecule has 7 nitrogen and oxygen atoms in total. The molecule has 1 aliphatic heterocycles. The molecule has 1 aromatic heterocycles. The van der Waals surface area contributed by atoms with Crippen LogP contribution >= 0.6 is 0 Å². The predicted octanol–water partition coefficient (Wildman–Crippen LogP) is 4.33. The minimum atomic E-state index is -0.623. The predicted molar refractivity (Wildman–Crippen MR) is 140 cm³/mol. The summed E-state index contributed by atoms with van der Waals surface area (Å²) in [5, 5.41) is 0.541.